The molecule has 0 aliphatic heterocycles. The number of ether oxygens (including phenoxy) is 1. The molecule has 0 saturated heterocycles. The fourth-order valence-electron chi connectivity index (χ4n) is 0.695. The summed E-state index contributed by atoms with van der Waals surface area (Å²) < 4.78 is 52.5. The normalized spacial score (nSPS) is 16.2. The van der Waals surface area contributed by atoms with Gasteiger partial charge in [-0.05, 0) is 14.0 Å². The molecule has 0 aromatic heterocycles. The summed E-state index contributed by atoms with van der Waals surface area (Å²) in [5.74, 6) is -5.59. The van der Waals surface area contributed by atoms with Gasteiger partial charge >= 0.3 is 18.3 Å². The zero-order valence-electron chi connectivity index (χ0n) is 8.77. The summed E-state index contributed by atoms with van der Waals surface area (Å²) in [7, 11) is 1.29. The Morgan fingerprint density at radius 2 is 1.94 bits per heavy atom. The molecule has 0 fully saturated rings. The van der Waals surface area contributed by atoms with Crippen LogP contribution in [0.3, 0.4) is 0 Å². The van der Waals surface area contributed by atoms with Crippen LogP contribution in [0.5, 0.6) is 0 Å². The van der Waals surface area contributed by atoms with Gasteiger partial charge in [0, 0.05) is 0 Å². The SMILES string of the molecule is CNC(C)(COCC(F)(F)C(F)F)C(=O)O. The summed E-state index contributed by atoms with van der Waals surface area (Å²) in [5.41, 5.74) is -1.59. The van der Waals surface area contributed by atoms with Gasteiger partial charge in [0.1, 0.15) is 12.1 Å². The van der Waals surface area contributed by atoms with Crippen molar-refractivity contribution in [3.05, 3.63) is 0 Å². The summed E-state index contributed by atoms with van der Waals surface area (Å²) in [6.45, 7) is -0.966. The van der Waals surface area contributed by atoms with Gasteiger partial charge in [-0.3, -0.25) is 4.79 Å². The van der Waals surface area contributed by atoms with Gasteiger partial charge in [0.15, 0.2) is 0 Å². The summed E-state index contributed by atoms with van der Waals surface area (Å²) in [6.07, 6.45) is -3.84. The molecule has 0 spiro atoms. The molecular formula is C8H13F4NO3. The van der Waals surface area contributed by atoms with Crippen LogP contribution in [0.25, 0.3) is 0 Å². The fourth-order valence-corrected chi connectivity index (χ4v) is 0.695. The van der Waals surface area contributed by atoms with Crippen LogP contribution in [0.15, 0.2) is 0 Å². The molecule has 0 saturated carbocycles. The molecule has 0 heterocycles. The number of rotatable bonds is 7. The first kappa shape index (κ1) is 15.1. The number of nitrogens with one attached hydrogen (secondary N) is 1. The van der Waals surface area contributed by atoms with E-state index in [0.717, 1.165) is 0 Å². The highest BCUT2D eigenvalue weighted by Gasteiger charge is 2.42. The monoisotopic (exact) mass is 247 g/mol. The highest BCUT2D eigenvalue weighted by molar-refractivity contribution is 5.78. The van der Waals surface area contributed by atoms with E-state index in [4.69, 9.17) is 5.11 Å². The second-order valence-electron chi connectivity index (χ2n) is 3.44. The van der Waals surface area contributed by atoms with E-state index in [0.29, 0.717) is 0 Å². The lowest BCUT2D eigenvalue weighted by molar-refractivity contribution is -0.173. The molecule has 0 radical (unpaired) electrons. The van der Waals surface area contributed by atoms with Gasteiger partial charge < -0.3 is 15.2 Å². The number of hydrogen-bond acceptors (Lipinski definition) is 3. The predicted molar refractivity (Wildman–Crippen MR) is 46.9 cm³/mol. The molecule has 8 heteroatoms. The summed E-state index contributed by atoms with van der Waals surface area (Å²) in [5, 5.41) is 11.0. The van der Waals surface area contributed by atoms with Crippen molar-refractivity contribution in [2.24, 2.45) is 0 Å². The van der Waals surface area contributed by atoms with Crippen molar-refractivity contribution in [3.63, 3.8) is 0 Å². The van der Waals surface area contributed by atoms with Crippen LogP contribution in [0.4, 0.5) is 17.6 Å². The molecule has 1 unspecified atom stereocenters. The van der Waals surface area contributed by atoms with Crippen LogP contribution in [0, 0.1) is 0 Å². The van der Waals surface area contributed by atoms with Gasteiger partial charge in [-0.2, -0.15) is 8.78 Å². The van der Waals surface area contributed by atoms with Gasteiger partial charge in [-0.25, -0.2) is 8.78 Å². The number of aliphatic carboxylic acids is 1. The average molecular weight is 247 g/mol. The molecule has 0 aliphatic rings. The maximum absolute atomic E-state index is 12.4. The van der Waals surface area contributed by atoms with Crippen molar-refractivity contribution < 1.29 is 32.2 Å². The van der Waals surface area contributed by atoms with E-state index in [1.165, 1.54) is 14.0 Å². The van der Waals surface area contributed by atoms with Crippen molar-refractivity contribution in [1.29, 1.82) is 0 Å². The Hall–Kier alpha value is -0.890. The quantitative estimate of drug-likeness (QED) is 0.658. The Labute approximate surface area is 89.6 Å². The van der Waals surface area contributed by atoms with Gasteiger partial charge in [0.25, 0.3) is 0 Å². The lowest BCUT2D eigenvalue weighted by atomic mass is 10.1. The van der Waals surface area contributed by atoms with Crippen molar-refractivity contribution in [1.82, 2.24) is 5.32 Å². The number of hydrogen-bond donors (Lipinski definition) is 2. The van der Waals surface area contributed by atoms with E-state index < -0.39 is 37.1 Å². The predicted octanol–water partition coefficient (Wildman–Crippen LogP) is 0.966. The summed E-state index contributed by atoms with van der Waals surface area (Å²) >= 11 is 0. The minimum Gasteiger partial charge on any atom is -0.480 e. The second kappa shape index (κ2) is 5.44. The molecule has 0 aromatic carbocycles. The molecule has 4 nitrogen and oxygen atoms in total. The number of carbonyl (C=O) groups is 1. The van der Waals surface area contributed by atoms with Crippen molar-refractivity contribution >= 4 is 5.97 Å². The third-order valence-corrected chi connectivity index (χ3v) is 2.03. The number of alkyl halides is 4. The zero-order chi connectivity index (χ0) is 13.0. The highest BCUT2D eigenvalue weighted by Crippen LogP contribution is 2.23. The molecule has 0 amide bonds. The first-order valence-corrected chi connectivity index (χ1v) is 4.32. The number of likely N-dealkylation sites (N-methyl/N-ethyl adjacent to an activating group) is 1. The Morgan fingerprint density at radius 3 is 2.25 bits per heavy atom. The fraction of sp³-hybridized carbons (Fsp3) is 0.875. The van der Waals surface area contributed by atoms with E-state index in [1.807, 2.05) is 0 Å². The maximum Gasteiger partial charge on any atom is 0.330 e. The van der Waals surface area contributed by atoms with Crippen LogP contribution < -0.4 is 5.32 Å². The van der Waals surface area contributed by atoms with E-state index in [1.54, 1.807) is 0 Å². The lowest BCUT2D eigenvalue weighted by Crippen LogP contribution is -2.52. The Balaban J connectivity index is 4.21. The molecule has 1 atom stereocenters. The standard InChI is InChI=1S/C8H13F4NO3/c1-7(13-2,6(14)15)3-16-4-8(11,12)5(9)10/h5,13H,3-4H2,1-2H3,(H,14,15). The Bertz CT molecular complexity index is 249. The third kappa shape index (κ3) is 3.93. The average Bonchev–Trinajstić information content (AvgIpc) is 2.16. The van der Waals surface area contributed by atoms with Crippen molar-refractivity contribution in [2.75, 3.05) is 20.3 Å². The van der Waals surface area contributed by atoms with Crippen LogP contribution in [0.2, 0.25) is 0 Å². The number of carboxylic acid groups (broad SMARTS) is 1. The van der Waals surface area contributed by atoms with Gasteiger partial charge in [0.05, 0.1) is 6.61 Å². The molecular weight excluding hydrogens is 234 g/mol. The second-order valence-corrected chi connectivity index (χ2v) is 3.44. The van der Waals surface area contributed by atoms with Gasteiger partial charge in [0.2, 0.25) is 0 Å². The Morgan fingerprint density at radius 1 is 1.44 bits per heavy atom. The van der Waals surface area contributed by atoms with Crippen molar-refractivity contribution in [2.45, 2.75) is 24.8 Å². The van der Waals surface area contributed by atoms with E-state index in [2.05, 4.69) is 10.1 Å². The molecule has 16 heavy (non-hydrogen) atoms. The van der Waals surface area contributed by atoms with Crippen LogP contribution >= 0.6 is 0 Å². The Kier molecular flexibility index (Phi) is 5.14. The van der Waals surface area contributed by atoms with E-state index in [9.17, 15) is 22.4 Å². The highest BCUT2D eigenvalue weighted by atomic mass is 19.3. The number of carboxylic acids is 1. The topological polar surface area (TPSA) is 58.6 Å². The molecule has 0 aliphatic carbocycles. The number of halogens is 4. The maximum atomic E-state index is 12.4. The first-order chi connectivity index (χ1) is 7.15. The minimum atomic E-state index is -4.27. The minimum absolute atomic E-state index is 0.638. The van der Waals surface area contributed by atoms with Crippen LogP contribution in [0.1, 0.15) is 6.92 Å². The van der Waals surface area contributed by atoms with Gasteiger partial charge in [-0.1, -0.05) is 0 Å². The molecule has 0 rings (SSSR count). The summed E-state index contributed by atoms with van der Waals surface area (Å²) in [4.78, 5) is 10.7. The first-order valence-electron chi connectivity index (χ1n) is 4.32. The largest absolute Gasteiger partial charge is 0.480 e. The zero-order valence-corrected chi connectivity index (χ0v) is 8.77. The molecule has 0 bridgehead atoms. The van der Waals surface area contributed by atoms with Crippen LogP contribution in [-0.4, -0.2) is 49.2 Å². The molecule has 96 valence electrons. The summed E-state index contributed by atoms with van der Waals surface area (Å²) in [6, 6.07) is 0. The third-order valence-electron chi connectivity index (χ3n) is 2.03. The van der Waals surface area contributed by atoms with Gasteiger partial charge in [-0.15, -0.1) is 0 Å². The smallest absolute Gasteiger partial charge is 0.330 e. The van der Waals surface area contributed by atoms with E-state index >= 15 is 0 Å². The molecule has 2 N–H and O–H groups in total. The molecule has 0 aromatic rings. The lowest BCUT2D eigenvalue weighted by Gasteiger charge is -2.25. The van der Waals surface area contributed by atoms with E-state index in [-0.39, 0.29) is 0 Å². The van der Waals surface area contributed by atoms with Crippen molar-refractivity contribution in [3.8, 4) is 0 Å². The van der Waals surface area contributed by atoms with Crippen LogP contribution in [-0.2, 0) is 9.53 Å².